The van der Waals surface area contributed by atoms with Crippen molar-refractivity contribution in [2.24, 2.45) is 0 Å². The number of rotatable bonds is 6. The Morgan fingerprint density at radius 3 is 2.58 bits per heavy atom. The van der Waals surface area contributed by atoms with Crippen LogP contribution in [0, 0.1) is 0 Å². The molecule has 0 bridgehead atoms. The van der Waals surface area contributed by atoms with Crippen LogP contribution < -0.4 is 5.32 Å². The second kappa shape index (κ2) is 8.59. The van der Waals surface area contributed by atoms with Crippen molar-refractivity contribution in [2.45, 2.75) is 32.1 Å². The number of hydrogen-bond donors (Lipinski definition) is 1. The molecule has 1 aromatic carbocycles. The standard InChI is InChI=1S/C18H24N4O2/c23-16(19-11-8-14-22-12-6-1-2-7-13-22)18-21-20-17(24-18)15-9-4-3-5-10-15/h3-5,9-10H,1-2,6-8,11-14H2,(H,19,23). The van der Waals surface area contributed by atoms with E-state index in [4.69, 9.17) is 4.42 Å². The molecule has 1 N–H and O–H groups in total. The first-order chi connectivity index (χ1) is 11.8. The second-order valence-corrected chi connectivity index (χ2v) is 6.14. The highest BCUT2D eigenvalue weighted by molar-refractivity contribution is 5.89. The van der Waals surface area contributed by atoms with Crippen LogP contribution in [0.4, 0.5) is 0 Å². The number of hydrogen-bond acceptors (Lipinski definition) is 5. The summed E-state index contributed by atoms with van der Waals surface area (Å²) in [5.41, 5.74) is 0.810. The Labute approximate surface area is 142 Å². The third kappa shape index (κ3) is 4.64. The van der Waals surface area contributed by atoms with Gasteiger partial charge in [0, 0.05) is 12.1 Å². The summed E-state index contributed by atoms with van der Waals surface area (Å²) < 4.78 is 5.45. The van der Waals surface area contributed by atoms with E-state index in [1.165, 1.54) is 38.8 Å². The maximum absolute atomic E-state index is 12.1. The van der Waals surface area contributed by atoms with Crippen molar-refractivity contribution in [3.63, 3.8) is 0 Å². The SMILES string of the molecule is O=C(NCCCN1CCCCCC1)c1nnc(-c2ccccc2)o1. The van der Waals surface area contributed by atoms with Gasteiger partial charge in [-0.1, -0.05) is 31.0 Å². The molecule has 1 aromatic heterocycles. The van der Waals surface area contributed by atoms with Gasteiger partial charge >= 0.3 is 11.8 Å². The lowest BCUT2D eigenvalue weighted by atomic mass is 10.2. The Balaban J connectivity index is 1.43. The summed E-state index contributed by atoms with van der Waals surface area (Å²) in [6.07, 6.45) is 6.20. The number of likely N-dealkylation sites (tertiary alicyclic amines) is 1. The molecule has 0 unspecified atom stereocenters. The average molecular weight is 328 g/mol. The predicted octanol–water partition coefficient (Wildman–Crippen LogP) is 2.73. The fraction of sp³-hybridized carbons (Fsp3) is 0.500. The highest BCUT2D eigenvalue weighted by Gasteiger charge is 2.15. The molecule has 0 atom stereocenters. The number of carbonyl (C=O) groups is 1. The van der Waals surface area contributed by atoms with E-state index >= 15 is 0 Å². The molecule has 1 aliphatic rings. The molecular weight excluding hydrogens is 304 g/mol. The van der Waals surface area contributed by atoms with Crippen molar-refractivity contribution in [1.82, 2.24) is 20.4 Å². The molecule has 0 aliphatic carbocycles. The molecule has 6 nitrogen and oxygen atoms in total. The molecule has 1 saturated heterocycles. The topological polar surface area (TPSA) is 71.3 Å². The fourth-order valence-electron chi connectivity index (χ4n) is 2.95. The molecule has 0 radical (unpaired) electrons. The zero-order valence-electron chi connectivity index (χ0n) is 13.9. The number of amides is 1. The van der Waals surface area contributed by atoms with Crippen LogP contribution in [0.2, 0.25) is 0 Å². The third-order valence-corrected chi connectivity index (χ3v) is 4.28. The Kier molecular flexibility index (Phi) is 5.96. The van der Waals surface area contributed by atoms with Gasteiger partial charge in [0.25, 0.3) is 0 Å². The largest absolute Gasteiger partial charge is 0.412 e. The summed E-state index contributed by atoms with van der Waals surface area (Å²) in [6, 6.07) is 9.44. The first-order valence-electron chi connectivity index (χ1n) is 8.72. The van der Waals surface area contributed by atoms with Crippen molar-refractivity contribution < 1.29 is 9.21 Å². The van der Waals surface area contributed by atoms with Crippen LogP contribution in [-0.4, -0.2) is 47.2 Å². The summed E-state index contributed by atoms with van der Waals surface area (Å²) in [5, 5.41) is 10.6. The average Bonchev–Trinajstić information content (AvgIpc) is 2.97. The lowest BCUT2D eigenvalue weighted by Crippen LogP contribution is -2.30. The van der Waals surface area contributed by atoms with E-state index in [0.29, 0.717) is 12.4 Å². The van der Waals surface area contributed by atoms with E-state index in [0.717, 1.165) is 18.5 Å². The van der Waals surface area contributed by atoms with Crippen LogP contribution in [0.1, 0.15) is 42.8 Å². The maximum atomic E-state index is 12.1. The number of aromatic nitrogens is 2. The number of benzene rings is 1. The summed E-state index contributed by atoms with van der Waals surface area (Å²) in [6.45, 7) is 4.01. The predicted molar refractivity (Wildman–Crippen MR) is 91.6 cm³/mol. The fourth-order valence-corrected chi connectivity index (χ4v) is 2.95. The van der Waals surface area contributed by atoms with Crippen molar-refractivity contribution in [2.75, 3.05) is 26.2 Å². The van der Waals surface area contributed by atoms with Gasteiger partial charge in [0.15, 0.2) is 0 Å². The monoisotopic (exact) mass is 328 g/mol. The normalized spacial score (nSPS) is 15.8. The van der Waals surface area contributed by atoms with Gasteiger partial charge in [0.2, 0.25) is 5.89 Å². The van der Waals surface area contributed by atoms with Crippen LogP contribution in [-0.2, 0) is 0 Å². The smallest absolute Gasteiger partial charge is 0.308 e. The lowest BCUT2D eigenvalue weighted by Gasteiger charge is -2.19. The Hall–Kier alpha value is -2.21. The molecule has 6 heteroatoms. The van der Waals surface area contributed by atoms with Gasteiger partial charge in [-0.25, -0.2) is 0 Å². The second-order valence-electron chi connectivity index (χ2n) is 6.14. The highest BCUT2D eigenvalue weighted by Crippen LogP contribution is 2.16. The van der Waals surface area contributed by atoms with Crippen LogP contribution in [0.25, 0.3) is 11.5 Å². The van der Waals surface area contributed by atoms with Gasteiger partial charge < -0.3 is 14.6 Å². The van der Waals surface area contributed by atoms with Crippen LogP contribution in [0.3, 0.4) is 0 Å². The van der Waals surface area contributed by atoms with Gasteiger partial charge in [-0.2, -0.15) is 0 Å². The minimum atomic E-state index is -0.305. The van der Waals surface area contributed by atoms with Crippen molar-refractivity contribution in [3.05, 3.63) is 36.2 Å². The number of carbonyl (C=O) groups excluding carboxylic acids is 1. The zero-order valence-corrected chi connectivity index (χ0v) is 13.9. The summed E-state index contributed by atoms with van der Waals surface area (Å²) >= 11 is 0. The van der Waals surface area contributed by atoms with Gasteiger partial charge in [-0.3, -0.25) is 4.79 Å². The van der Waals surface area contributed by atoms with E-state index in [1.54, 1.807) is 0 Å². The first-order valence-corrected chi connectivity index (χ1v) is 8.72. The summed E-state index contributed by atoms with van der Waals surface area (Å²) in [5.74, 6) is 0.0782. The first kappa shape index (κ1) is 16.6. The molecule has 24 heavy (non-hydrogen) atoms. The van der Waals surface area contributed by atoms with Gasteiger partial charge in [-0.05, 0) is 51.0 Å². The molecule has 0 saturated carbocycles. The van der Waals surface area contributed by atoms with E-state index in [2.05, 4.69) is 20.4 Å². The van der Waals surface area contributed by atoms with Crippen LogP contribution in [0.5, 0.6) is 0 Å². The maximum Gasteiger partial charge on any atom is 0.308 e. The van der Waals surface area contributed by atoms with E-state index in [9.17, 15) is 4.79 Å². The Bertz CT molecular complexity index is 633. The van der Waals surface area contributed by atoms with Crippen molar-refractivity contribution >= 4 is 5.91 Å². The Morgan fingerprint density at radius 1 is 1.08 bits per heavy atom. The van der Waals surface area contributed by atoms with Crippen molar-refractivity contribution in [1.29, 1.82) is 0 Å². The molecule has 128 valence electrons. The number of nitrogens with one attached hydrogen (secondary N) is 1. The van der Waals surface area contributed by atoms with E-state index < -0.39 is 0 Å². The molecule has 2 heterocycles. The van der Waals surface area contributed by atoms with Crippen LogP contribution in [0.15, 0.2) is 34.7 Å². The summed E-state index contributed by atoms with van der Waals surface area (Å²) in [7, 11) is 0. The number of nitrogens with zero attached hydrogens (tertiary/aromatic N) is 3. The molecular formula is C18H24N4O2. The molecule has 2 aromatic rings. The highest BCUT2D eigenvalue weighted by atomic mass is 16.4. The molecule has 1 amide bonds. The zero-order chi connectivity index (χ0) is 16.6. The molecule has 1 aliphatic heterocycles. The van der Waals surface area contributed by atoms with Gasteiger partial charge in [-0.15, -0.1) is 10.2 Å². The Morgan fingerprint density at radius 2 is 1.83 bits per heavy atom. The molecule has 3 rings (SSSR count). The minimum absolute atomic E-state index is 0.0172. The third-order valence-electron chi connectivity index (χ3n) is 4.28. The molecule has 1 fully saturated rings. The van der Waals surface area contributed by atoms with Gasteiger partial charge in [0.05, 0.1) is 0 Å². The summed E-state index contributed by atoms with van der Waals surface area (Å²) in [4.78, 5) is 14.6. The molecule has 0 spiro atoms. The van der Waals surface area contributed by atoms with E-state index in [-0.39, 0.29) is 11.8 Å². The van der Waals surface area contributed by atoms with Gasteiger partial charge in [0.1, 0.15) is 0 Å². The quantitative estimate of drug-likeness (QED) is 0.826. The minimum Gasteiger partial charge on any atom is -0.412 e. The van der Waals surface area contributed by atoms with E-state index in [1.807, 2.05) is 30.3 Å². The van der Waals surface area contributed by atoms with Crippen LogP contribution >= 0.6 is 0 Å². The van der Waals surface area contributed by atoms with Crippen molar-refractivity contribution in [3.8, 4) is 11.5 Å². The lowest BCUT2D eigenvalue weighted by molar-refractivity contribution is 0.0917.